The van der Waals surface area contributed by atoms with Crippen LogP contribution in [0.4, 0.5) is 0 Å². The molecule has 0 aliphatic carbocycles. The molecule has 0 aromatic rings. The molecule has 0 rings (SSSR count). The Kier molecular flexibility index (Phi) is 8.88. The summed E-state index contributed by atoms with van der Waals surface area (Å²) < 4.78 is 10.7. The minimum Gasteiger partial charge on any atom is -0.353 e. The minimum absolute atomic E-state index is 0.154. The maximum absolute atomic E-state index is 7.03. The number of nitrogens with one attached hydrogen (secondary N) is 1. The molecule has 3 nitrogen and oxygen atoms in total. The Hall–Kier alpha value is -0.120. The van der Waals surface area contributed by atoms with Crippen LogP contribution in [-0.2, 0) is 9.47 Å². The largest absolute Gasteiger partial charge is 0.353 e. The molecule has 0 aliphatic rings. The third-order valence-corrected chi connectivity index (χ3v) is 1.53. The van der Waals surface area contributed by atoms with Crippen molar-refractivity contribution in [3.63, 3.8) is 0 Å². The molecule has 0 bridgehead atoms. The first-order valence-electron chi connectivity index (χ1n) is 4.72. The van der Waals surface area contributed by atoms with Gasteiger partial charge in [-0.1, -0.05) is 13.3 Å². The fourth-order valence-corrected chi connectivity index (χ4v) is 0.878. The molecule has 0 saturated heterocycles. The van der Waals surface area contributed by atoms with Crippen molar-refractivity contribution in [3.05, 3.63) is 0 Å². The number of hydrogen-bond donors (Lipinski definition) is 0. The van der Waals surface area contributed by atoms with E-state index in [2.05, 4.69) is 6.92 Å². The summed E-state index contributed by atoms with van der Waals surface area (Å²) in [7, 11) is 0. The highest BCUT2D eigenvalue weighted by Gasteiger charge is 2.05. The van der Waals surface area contributed by atoms with Gasteiger partial charge in [0, 0.05) is 26.2 Å². The fraction of sp³-hybridized carbons (Fsp3) is 1.00. The zero-order chi connectivity index (χ0) is 9.23. The van der Waals surface area contributed by atoms with E-state index in [0.717, 1.165) is 19.4 Å². The van der Waals surface area contributed by atoms with E-state index in [1.54, 1.807) is 0 Å². The molecule has 1 unspecified atom stereocenters. The lowest BCUT2D eigenvalue weighted by Crippen LogP contribution is -2.19. The van der Waals surface area contributed by atoms with Crippen molar-refractivity contribution in [2.45, 2.75) is 39.4 Å². The number of unbranched alkanes of at least 4 members (excludes halogenated alkanes) is 1. The van der Waals surface area contributed by atoms with Crippen LogP contribution in [0.15, 0.2) is 0 Å². The molecule has 73 valence electrons. The van der Waals surface area contributed by atoms with Crippen molar-refractivity contribution in [2.24, 2.45) is 0 Å². The molecule has 0 spiro atoms. The maximum atomic E-state index is 7.03. The Labute approximate surface area is 75.2 Å². The standard InChI is InChI=1S/C9H20NO2/c1-3-5-8-12-9(6-7-10)11-4-2/h9-10H,3-8H2,1-2H3. The Morgan fingerprint density at radius 1 is 1.25 bits per heavy atom. The normalized spacial score (nSPS) is 13.2. The molecule has 0 heterocycles. The van der Waals surface area contributed by atoms with Gasteiger partial charge < -0.3 is 9.47 Å². The Bertz CT molecular complexity index is 82.6. The van der Waals surface area contributed by atoms with Gasteiger partial charge in [0.1, 0.15) is 0 Å². The van der Waals surface area contributed by atoms with Gasteiger partial charge in [0.25, 0.3) is 0 Å². The second-order valence-corrected chi connectivity index (χ2v) is 2.65. The first kappa shape index (κ1) is 11.9. The third-order valence-electron chi connectivity index (χ3n) is 1.53. The second kappa shape index (κ2) is 8.97. The van der Waals surface area contributed by atoms with Gasteiger partial charge in [-0.05, 0) is 13.3 Å². The predicted molar refractivity (Wildman–Crippen MR) is 48.9 cm³/mol. The van der Waals surface area contributed by atoms with Gasteiger partial charge in [0.05, 0.1) is 0 Å². The van der Waals surface area contributed by atoms with Crippen LogP contribution in [0.1, 0.15) is 33.1 Å². The van der Waals surface area contributed by atoms with Crippen molar-refractivity contribution < 1.29 is 9.47 Å². The van der Waals surface area contributed by atoms with Crippen LogP contribution >= 0.6 is 0 Å². The molecule has 0 saturated carbocycles. The van der Waals surface area contributed by atoms with Crippen molar-refractivity contribution in [1.82, 2.24) is 5.73 Å². The average molecular weight is 174 g/mol. The molecule has 0 fully saturated rings. The van der Waals surface area contributed by atoms with E-state index < -0.39 is 0 Å². The highest BCUT2D eigenvalue weighted by molar-refractivity contribution is 4.45. The van der Waals surface area contributed by atoms with E-state index in [1.807, 2.05) is 6.92 Å². The fourth-order valence-electron chi connectivity index (χ4n) is 0.878. The summed E-state index contributed by atoms with van der Waals surface area (Å²) in [5.74, 6) is 0. The molecule has 3 heteroatoms. The van der Waals surface area contributed by atoms with Crippen molar-refractivity contribution in [3.8, 4) is 0 Å². The lowest BCUT2D eigenvalue weighted by atomic mass is 10.3. The van der Waals surface area contributed by atoms with Crippen LogP contribution in [0.5, 0.6) is 0 Å². The Morgan fingerprint density at radius 2 is 2.00 bits per heavy atom. The lowest BCUT2D eigenvalue weighted by molar-refractivity contribution is -0.141. The molecule has 0 amide bonds. The van der Waals surface area contributed by atoms with Crippen LogP contribution in [0.2, 0.25) is 0 Å². The number of ether oxygens (including phenoxy) is 2. The summed E-state index contributed by atoms with van der Waals surface area (Å²) in [5.41, 5.74) is 7.03. The van der Waals surface area contributed by atoms with Crippen molar-refractivity contribution in [2.75, 3.05) is 19.8 Å². The highest BCUT2D eigenvalue weighted by atomic mass is 16.7. The molecule has 1 radical (unpaired) electrons. The van der Waals surface area contributed by atoms with Crippen LogP contribution in [-0.4, -0.2) is 26.0 Å². The van der Waals surface area contributed by atoms with Crippen molar-refractivity contribution >= 4 is 0 Å². The second-order valence-electron chi connectivity index (χ2n) is 2.65. The summed E-state index contributed by atoms with van der Waals surface area (Å²) in [5, 5.41) is 0. The van der Waals surface area contributed by atoms with Gasteiger partial charge in [0.15, 0.2) is 6.29 Å². The summed E-state index contributed by atoms with van der Waals surface area (Å²) in [4.78, 5) is 0. The van der Waals surface area contributed by atoms with E-state index in [-0.39, 0.29) is 6.29 Å². The van der Waals surface area contributed by atoms with Crippen LogP contribution in [0.25, 0.3) is 0 Å². The summed E-state index contributed by atoms with van der Waals surface area (Å²) in [6.45, 7) is 5.86. The van der Waals surface area contributed by atoms with E-state index in [1.165, 1.54) is 0 Å². The Morgan fingerprint density at radius 3 is 2.50 bits per heavy atom. The smallest absolute Gasteiger partial charge is 0.158 e. The molecule has 0 aromatic carbocycles. The minimum atomic E-state index is -0.154. The van der Waals surface area contributed by atoms with Crippen LogP contribution in [0, 0.1) is 0 Å². The Balaban J connectivity index is 3.34. The van der Waals surface area contributed by atoms with Gasteiger partial charge in [-0.25, -0.2) is 0 Å². The van der Waals surface area contributed by atoms with E-state index in [9.17, 15) is 0 Å². The SMILES string of the molecule is CCCCOC(CC[NH])OCC. The molecule has 1 atom stereocenters. The first-order chi connectivity index (χ1) is 5.85. The monoisotopic (exact) mass is 174 g/mol. The zero-order valence-electron chi connectivity index (χ0n) is 8.14. The lowest BCUT2D eigenvalue weighted by Gasteiger charge is -2.16. The quantitative estimate of drug-likeness (QED) is 0.416. The third kappa shape index (κ3) is 6.58. The average Bonchev–Trinajstić information content (AvgIpc) is 2.06. The molecule has 1 N–H and O–H groups in total. The predicted octanol–water partition coefficient (Wildman–Crippen LogP) is 1.84. The van der Waals surface area contributed by atoms with Gasteiger partial charge >= 0.3 is 0 Å². The van der Waals surface area contributed by atoms with Crippen molar-refractivity contribution in [1.29, 1.82) is 0 Å². The van der Waals surface area contributed by atoms with Gasteiger partial charge in [-0.2, -0.15) is 0 Å². The van der Waals surface area contributed by atoms with Gasteiger partial charge in [0.2, 0.25) is 0 Å². The summed E-state index contributed by atoms with van der Waals surface area (Å²) in [6.07, 6.45) is 2.73. The molecular formula is C9H20NO2. The highest BCUT2D eigenvalue weighted by Crippen LogP contribution is 2.01. The van der Waals surface area contributed by atoms with E-state index >= 15 is 0 Å². The zero-order valence-corrected chi connectivity index (χ0v) is 8.14. The first-order valence-corrected chi connectivity index (χ1v) is 4.72. The van der Waals surface area contributed by atoms with Crippen LogP contribution in [0.3, 0.4) is 0 Å². The number of hydrogen-bond acceptors (Lipinski definition) is 2. The maximum Gasteiger partial charge on any atom is 0.158 e. The van der Waals surface area contributed by atoms with E-state index in [0.29, 0.717) is 19.6 Å². The van der Waals surface area contributed by atoms with Gasteiger partial charge in [-0.15, -0.1) is 0 Å². The summed E-state index contributed by atoms with van der Waals surface area (Å²) in [6, 6.07) is 0. The van der Waals surface area contributed by atoms with Crippen LogP contribution < -0.4 is 5.73 Å². The summed E-state index contributed by atoms with van der Waals surface area (Å²) >= 11 is 0. The molecular weight excluding hydrogens is 154 g/mol. The molecule has 12 heavy (non-hydrogen) atoms. The topological polar surface area (TPSA) is 42.3 Å². The van der Waals surface area contributed by atoms with Gasteiger partial charge in [-0.3, -0.25) is 5.73 Å². The number of rotatable bonds is 8. The molecule has 0 aliphatic heterocycles. The van der Waals surface area contributed by atoms with E-state index in [4.69, 9.17) is 15.2 Å². The molecule has 0 aromatic heterocycles.